The van der Waals surface area contributed by atoms with Crippen molar-refractivity contribution >= 4 is 101 Å². The summed E-state index contributed by atoms with van der Waals surface area (Å²) >= 11 is 0. The molecule has 9 amide bonds. The van der Waals surface area contributed by atoms with Gasteiger partial charge in [0.25, 0.3) is 0 Å². The summed E-state index contributed by atoms with van der Waals surface area (Å²) in [4.78, 5) is 157. The van der Waals surface area contributed by atoms with E-state index >= 15 is 0 Å². The van der Waals surface area contributed by atoms with Gasteiger partial charge < -0.3 is 58.7 Å². The largest absolute Gasteiger partial charge is 0.535 e. The van der Waals surface area contributed by atoms with Crippen LogP contribution in [0, 0.1) is 17.3 Å². The standard InChI is InChI=1S/C47H58BN5O11.C25H28BN5O10S/c1-9-52-20-21-53(41(56)40(52)55)43(58)51-38(34-19-18-32(26-49-34)50-44(59)61-27-28-14-11-10-12-15-28)35(54)25-31(48-63-37-24-30-23-36(46(30,5)6)47(37,7)64-48)22-29-16-13-17-33(39(29)60-8)42(57)62-45(2,3)4;1-3-30-9-10-31(23(34)22(30)33)25(37)28-20(18-8-7-16(13-27-18)29-42(2,39)40)19(32)12-15-11-14-5-4-6-17(24(35)36)21(14)41-26(15)38/h10-19,26,30-31,36-38H,9,20-25,27H2,1-8H3,(H,50,59)(H,51,58);4-8,13,15,20,29,38H,3,9-12H2,1-2H3,(H,28,37)(H,35,36)/t30-,31+,36-,37+,38?,47-;15-,20?/m01/s1. The molecule has 2 bridgehead atoms. The average Bonchev–Trinajstić information content (AvgIpc) is 1.30. The maximum Gasteiger partial charge on any atom is 0.526 e. The number of fused-ring (bicyclic) bond motifs is 1. The molecule has 5 aromatic rings. The van der Waals surface area contributed by atoms with Crippen LogP contribution in [-0.4, -0.2) is 198 Å². The number of rotatable bonds is 23. The Morgan fingerprint density at radius 2 is 1.32 bits per heavy atom. The Morgan fingerprint density at radius 1 is 0.736 bits per heavy atom. The maximum atomic E-state index is 15.0. The molecule has 12 rings (SSSR count). The molecule has 6 fully saturated rings. The van der Waals surface area contributed by atoms with Gasteiger partial charge in [0.2, 0.25) is 10.0 Å². The number of para-hydroxylation sites is 2. The van der Waals surface area contributed by atoms with Crippen LogP contribution in [-0.2, 0) is 77.0 Å². The molecule has 34 heteroatoms. The normalized spacial score (nSPS) is 21.1. The number of carbonyl (C=O) groups excluding carboxylic acids is 10. The van der Waals surface area contributed by atoms with Crippen LogP contribution in [0.1, 0.15) is 142 Å². The summed E-state index contributed by atoms with van der Waals surface area (Å²) in [5.41, 5.74) is 1.04. The number of benzene rings is 3. The van der Waals surface area contributed by atoms with Crippen LogP contribution in [0.2, 0.25) is 11.6 Å². The number of esters is 1. The summed E-state index contributed by atoms with van der Waals surface area (Å²) in [6, 6.07) is 19.5. The van der Waals surface area contributed by atoms with E-state index in [1.54, 1.807) is 52.8 Å². The highest BCUT2D eigenvalue weighted by atomic mass is 32.2. The van der Waals surface area contributed by atoms with Crippen molar-refractivity contribution in [2.75, 3.05) is 62.7 Å². The van der Waals surface area contributed by atoms with Gasteiger partial charge in [-0.05, 0) is 138 Å². The van der Waals surface area contributed by atoms with Gasteiger partial charge in [-0.3, -0.25) is 58.6 Å². The van der Waals surface area contributed by atoms with Crippen molar-refractivity contribution in [1.29, 1.82) is 0 Å². The third-order valence-corrected chi connectivity index (χ3v) is 20.7. The Bertz CT molecular complexity index is 4340. The van der Waals surface area contributed by atoms with Gasteiger partial charge in [-0.2, -0.15) is 0 Å². The van der Waals surface area contributed by atoms with Crippen LogP contribution in [0.5, 0.6) is 11.5 Å². The van der Waals surface area contributed by atoms with Gasteiger partial charge in [0.05, 0.1) is 65.8 Å². The van der Waals surface area contributed by atoms with Crippen molar-refractivity contribution in [1.82, 2.24) is 40.2 Å². The second kappa shape index (κ2) is 32.2. The van der Waals surface area contributed by atoms with E-state index in [1.165, 1.54) is 59.5 Å². The summed E-state index contributed by atoms with van der Waals surface area (Å²) in [5.74, 6) is -7.28. The third-order valence-electron chi connectivity index (χ3n) is 20.1. The number of carbonyl (C=O) groups is 11. The number of ether oxygens (including phenoxy) is 3. The minimum Gasteiger partial charge on any atom is -0.535 e. The van der Waals surface area contributed by atoms with Crippen molar-refractivity contribution in [3.63, 3.8) is 0 Å². The van der Waals surface area contributed by atoms with Gasteiger partial charge in [0.15, 0.2) is 11.6 Å². The van der Waals surface area contributed by atoms with Crippen LogP contribution in [0.25, 0.3) is 0 Å². The number of nitrogens with zero attached hydrogens (tertiary/aromatic N) is 6. The molecule has 8 atom stereocenters. The Balaban J connectivity index is 0.000000248. The molecule has 6 N–H and O–H groups in total. The second-order valence-electron chi connectivity index (χ2n) is 28.7. The third kappa shape index (κ3) is 17.6. The number of ketones is 2. The van der Waals surface area contributed by atoms with Crippen LogP contribution >= 0.6 is 0 Å². The molecule has 0 spiro atoms. The van der Waals surface area contributed by atoms with E-state index < -0.39 is 124 Å². The summed E-state index contributed by atoms with van der Waals surface area (Å²) < 4.78 is 61.4. The van der Waals surface area contributed by atoms with Crippen LogP contribution in [0.4, 0.5) is 25.8 Å². The van der Waals surface area contributed by atoms with Crippen LogP contribution in [0.15, 0.2) is 103 Å². The van der Waals surface area contributed by atoms with Gasteiger partial charge in [0, 0.05) is 63.7 Å². The molecule has 6 heterocycles. The van der Waals surface area contributed by atoms with Crippen LogP contribution < -0.4 is 30.1 Å². The monoisotopic (exact) mass is 1480 g/mol. The number of urea groups is 2. The second-order valence-corrected chi connectivity index (χ2v) is 30.4. The fraction of sp³-hybridized carbons (Fsp3) is 0.458. The first-order chi connectivity index (χ1) is 50.1. The predicted molar refractivity (Wildman–Crippen MR) is 382 cm³/mol. The van der Waals surface area contributed by atoms with Crippen molar-refractivity contribution in [3.05, 3.63) is 143 Å². The zero-order chi connectivity index (χ0) is 76.9. The molecule has 2 aromatic heterocycles. The smallest absolute Gasteiger partial charge is 0.526 e. The maximum absolute atomic E-state index is 15.0. The fourth-order valence-corrected chi connectivity index (χ4v) is 15.0. The number of hydrogen-bond acceptors (Lipinski definition) is 22. The molecular weight excluding hydrogens is 1390 g/mol. The van der Waals surface area contributed by atoms with E-state index in [4.69, 9.17) is 28.2 Å². The number of anilines is 2. The number of nitrogens with one attached hydrogen (secondary N) is 4. The van der Waals surface area contributed by atoms with Gasteiger partial charge in [-0.15, -0.1) is 0 Å². The molecule has 3 aliphatic carbocycles. The van der Waals surface area contributed by atoms with Crippen molar-refractivity contribution < 1.29 is 99.5 Å². The molecule has 562 valence electrons. The lowest BCUT2D eigenvalue weighted by atomic mass is 9.43. The molecule has 3 saturated carbocycles. The lowest BCUT2D eigenvalue weighted by Crippen LogP contribution is -2.65. The highest BCUT2D eigenvalue weighted by Gasteiger charge is 2.68. The number of piperazine rings is 2. The van der Waals surface area contributed by atoms with Gasteiger partial charge in [-0.25, -0.2) is 32.4 Å². The molecule has 3 saturated heterocycles. The van der Waals surface area contributed by atoms with E-state index in [2.05, 4.69) is 51.4 Å². The number of methoxy groups -OCH3 is 1. The number of pyridine rings is 2. The number of sulfonamides is 1. The summed E-state index contributed by atoms with van der Waals surface area (Å²) in [5, 5.41) is 27.8. The number of likely N-dealkylation sites (N-methyl/N-ethyl adjacent to an activating group) is 2. The molecule has 0 radical (unpaired) electrons. The molecule has 7 aliphatic rings. The van der Waals surface area contributed by atoms with E-state index in [0.29, 0.717) is 28.5 Å². The van der Waals surface area contributed by atoms with E-state index in [-0.39, 0.29) is 128 Å². The molecule has 4 aliphatic heterocycles. The predicted octanol–water partition coefficient (Wildman–Crippen LogP) is 6.57. The summed E-state index contributed by atoms with van der Waals surface area (Å²) in [6.45, 7) is 16.0. The summed E-state index contributed by atoms with van der Waals surface area (Å²) in [6.07, 6.45) is 3.93. The number of aromatic nitrogens is 2. The highest BCUT2D eigenvalue weighted by molar-refractivity contribution is 7.92. The first kappa shape index (κ1) is 78.3. The van der Waals surface area contributed by atoms with Crippen molar-refractivity contribution in [2.24, 2.45) is 17.3 Å². The van der Waals surface area contributed by atoms with Gasteiger partial charge in [-0.1, -0.05) is 68.4 Å². The Labute approximate surface area is 613 Å². The number of Topliss-reactive ketones (excluding diaryl/α,β-unsaturated/α-hetero) is 2. The fourth-order valence-electron chi connectivity index (χ4n) is 14.5. The zero-order valence-corrected chi connectivity index (χ0v) is 61.3. The minimum atomic E-state index is -3.62. The number of hydrogen-bond donors (Lipinski definition) is 6. The lowest BCUT2D eigenvalue weighted by Gasteiger charge is -2.64. The zero-order valence-electron chi connectivity index (χ0n) is 60.4. The number of aromatic carboxylic acids is 1. The average molecular weight is 1480 g/mol. The first-order valence-corrected chi connectivity index (χ1v) is 36.7. The van der Waals surface area contributed by atoms with Crippen molar-refractivity contribution in [2.45, 2.75) is 142 Å². The van der Waals surface area contributed by atoms with Crippen molar-refractivity contribution in [3.8, 4) is 11.5 Å². The lowest BCUT2D eigenvalue weighted by molar-refractivity contribution is -0.199. The number of amides is 9. The first-order valence-electron chi connectivity index (χ1n) is 34.8. The Morgan fingerprint density at radius 3 is 1.87 bits per heavy atom. The molecule has 3 aromatic carbocycles. The SMILES string of the molecule is CCN1CCN(C(=O)NC(C(=O)C[C@@H](Cc2cccc(C(=O)OC(C)(C)C)c2OC)B2O[C@@H]3C[C@@H]4C[C@@H](C4(C)C)[C@]3(C)O2)c2ccc(NC(=O)OCc3ccccc3)cn2)C(=O)C1=O.CCN1CCN(C(=O)NC(C(=O)C[C@H]2Cc3cccc(C(=O)O)c3OB2O)c2ccc(NS(C)(=O)=O)cn2)C(=O)C1=O. The van der Waals surface area contributed by atoms with E-state index in [1.807, 2.05) is 36.4 Å². The Hall–Kier alpha value is -10.3. The van der Waals surface area contributed by atoms with E-state index in [0.717, 1.165) is 35.8 Å². The van der Waals surface area contributed by atoms with Gasteiger partial charge >= 0.3 is 68.0 Å². The Kier molecular flexibility index (Phi) is 23.8. The quantitative estimate of drug-likeness (QED) is 0.0228. The molecule has 106 heavy (non-hydrogen) atoms. The van der Waals surface area contributed by atoms with E-state index in [9.17, 15) is 71.3 Å². The molecular formula is C72H86B2N10O21S. The summed E-state index contributed by atoms with van der Waals surface area (Å²) in [7, 11) is -4.58. The minimum absolute atomic E-state index is 0.00171. The number of carboxylic acid groups (broad SMARTS) is 1. The number of imide groups is 2. The van der Waals surface area contributed by atoms with Crippen LogP contribution in [0.3, 0.4) is 0 Å². The number of carboxylic acids is 1. The topological polar surface area (TPSA) is 405 Å². The molecule has 2 unspecified atom stereocenters. The highest BCUT2D eigenvalue weighted by Crippen LogP contribution is 2.66. The molecule has 31 nitrogen and oxygen atoms in total. The van der Waals surface area contributed by atoms with Gasteiger partial charge in [0.1, 0.15) is 41.4 Å².